The third-order valence-electron chi connectivity index (χ3n) is 2.50. The second-order valence-corrected chi connectivity index (χ2v) is 5.53. The molecule has 0 heterocycles. The molecule has 0 spiro atoms. The zero-order valence-electron chi connectivity index (χ0n) is 10.5. The average molecular weight is 205 g/mol. The van der Waals surface area contributed by atoms with Crippen LogP contribution in [0.15, 0.2) is 30.3 Å². The first-order valence-corrected chi connectivity index (χ1v) is 5.72. The molecule has 15 heavy (non-hydrogen) atoms. The lowest BCUT2D eigenvalue weighted by molar-refractivity contribution is 0.258. The Hall–Kier alpha value is -0.820. The van der Waals surface area contributed by atoms with Gasteiger partial charge in [0.05, 0.1) is 0 Å². The van der Waals surface area contributed by atoms with Crippen LogP contribution in [0.5, 0.6) is 0 Å². The molecule has 0 bridgehead atoms. The normalized spacial score (nSPS) is 14.3. The topological polar surface area (TPSA) is 12.0 Å². The van der Waals surface area contributed by atoms with Crippen LogP contribution in [0, 0.1) is 5.41 Å². The zero-order chi connectivity index (χ0) is 11.5. The van der Waals surface area contributed by atoms with E-state index in [2.05, 4.69) is 70.3 Å². The van der Waals surface area contributed by atoms with Crippen molar-refractivity contribution < 1.29 is 0 Å². The van der Waals surface area contributed by atoms with Crippen LogP contribution < -0.4 is 5.32 Å². The number of hydrogen-bond donors (Lipinski definition) is 1. The largest absolute Gasteiger partial charge is 0.307 e. The fourth-order valence-electron chi connectivity index (χ4n) is 1.83. The van der Waals surface area contributed by atoms with Crippen molar-refractivity contribution in [2.45, 2.75) is 46.7 Å². The van der Waals surface area contributed by atoms with Gasteiger partial charge in [0.15, 0.2) is 0 Å². The second kappa shape index (κ2) is 4.80. The van der Waals surface area contributed by atoms with E-state index in [-0.39, 0.29) is 5.41 Å². The maximum Gasteiger partial charge on any atom is 0.0371 e. The SMILES string of the molecule is CC(C)NC(c1ccccc1)C(C)(C)C. The molecule has 1 aromatic carbocycles. The molecule has 0 aliphatic heterocycles. The highest BCUT2D eigenvalue weighted by Gasteiger charge is 2.26. The molecular formula is C14H23N. The van der Waals surface area contributed by atoms with Gasteiger partial charge >= 0.3 is 0 Å². The number of rotatable bonds is 3. The van der Waals surface area contributed by atoms with Crippen molar-refractivity contribution in [3.8, 4) is 0 Å². The lowest BCUT2D eigenvalue weighted by atomic mass is 9.82. The maximum absolute atomic E-state index is 3.64. The zero-order valence-corrected chi connectivity index (χ0v) is 10.5. The first-order chi connectivity index (χ1) is 6.91. The molecule has 1 N–H and O–H groups in total. The first-order valence-electron chi connectivity index (χ1n) is 5.72. The van der Waals surface area contributed by atoms with Gasteiger partial charge in [0, 0.05) is 12.1 Å². The molecule has 84 valence electrons. The van der Waals surface area contributed by atoms with E-state index in [0.29, 0.717) is 12.1 Å². The van der Waals surface area contributed by atoms with Gasteiger partial charge in [-0.2, -0.15) is 0 Å². The summed E-state index contributed by atoms with van der Waals surface area (Å²) in [4.78, 5) is 0. The maximum atomic E-state index is 3.64. The van der Waals surface area contributed by atoms with Gasteiger partial charge < -0.3 is 5.32 Å². The Labute approximate surface area is 93.9 Å². The van der Waals surface area contributed by atoms with Crippen molar-refractivity contribution in [1.29, 1.82) is 0 Å². The number of hydrogen-bond acceptors (Lipinski definition) is 1. The van der Waals surface area contributed by atoms with Gasteiger partial charge in [-0.05, 0) is 11.0 Å². The molecule has 0 saturated heterocycles. The lowest BCUT2D eigenvalue weighted by Crippen LogP contribution is -2.36. The van der Waals surface area contributed by atoms with E-state index in [4.69, 9.17) is 0 Å². The predicted octanol–water partition coefficient (Wildman–Crippen LogP) is 3.77. The molecule has 0 aliphatic rings. The van der Waals surface area contributed by atoms with Crippen molar-refractivity contribution in [3.05, 3.63) is 35.9 Å². The summed E-state index contributed by atoms with van der Waals surface area (Å²) in [5.74, 6) is 0. The molecule has 0 saturated carbocycles. The predicted molar refractivity (Wildman–Crippen MR) is 66.9 cm³/mol. The fourth-order valence-corrected chi connectivity index (χ4v) is 1.83. The Balaban J connectivity index is 2.92. The third kappa shape index (κ3) is 3.67. The molecule has 0 fully saturated rings. The minimum absolute atomic E-state index is 0.242. The minimum atomic E-state index is 0.242. The van der Waals surface area contributed by atoms with Crippen LogP contribution in [0.2, 0.25) is 0 Å². The monoisotopic (exact) mass is 205 g/mol. The highest BCUT2D eigenvalue weighted by molar-refractivity contribution is 5.20. The van der Waals surface area contributed by atoms with Crippen molar-refractivity contribution in [2.24, 2.45) is 5.41 Å². The Morgan fingerprint density at radius 2 is 1.53 bits per heavy atom. The lowest BCUT2D eigenvalue weighted by Gasteiger charge is -2.33. The summed E-state index contributed by atoms with van der Waals surface area (Å²) < 4.78 is 0. The van der Waals surface area contributed by atoms with E-state index in [1.165, 1.54) is 5.56 Å². The van der Waals surface area contributed by atoms with Gasteiger partial charge in [0.1, 0.15) is 0 Å². The van der Waals surface area contributed by atoms with Crippen LogP contribution in [0.25, 0.3) is 0 Å². The van der Waals surface area contributed by atoms with Crippen molar-refractivity contribution >= 4 is 0 Å². The van der Waals surface area contributed by atoms with Crippen molar-refractivity contribution in [2.75, 3.05) is 0 Å². The summed E-state index contributed by atoms with van der Waals surface area (Å²) in [5, 5.41) is 3.64. The number of nitrogens with one attached hydrogen (secondary N) is 1. The van der Waals surface area contributed by atoms with E-state index >= 15 is 0 Å². The van der Waals surface area contributed by atoms with E-state index in [9.17, 15) is 0 Å². The van der Waals surface area contributed by atoms with E-state index < -0.39 is 0 Å². The molecule has 0 amide bonds. The quantitative estimate of drug-likeness (QED) is 0.792. The summed E-state index contributed by atoms with van der Waals surface area (Å²) in [5.41, 5.74) is 1.62. The van der Waals surface area contributed by atoms with Gasteiger partial charge in [-0.3, -0.25) is 0 Å². The molecule has 0 aliphatic carbocycles. The van der Waals surface area contributed by atoms with Crippen LogP contribution in [0.3, 0.4) is 0 Å². The molecule has 1 unspecified atom stereocenters. The fraction of sp³-hybridized carbons (Fsp3) is 0.571. The number of benzene rings is 1. The molecule has 1 heteroatoms. The summed E-state index contributed by atoms with van der Waals surface area (Å²) >= 11 is 0. The van der Waals surface area contributed by atoms with Crippen LogP contribution in [-0.2, 0) is 0 Å². The second-order valence-electron chi connectivity index (χ2n) is 5.53. The molecule has 1 nitrogen and oxygen atoms in total. The molecule has 1 aromatic rings. The van der Waals surface area contributed by atoms with Crippen LogP contribution >= 0.6 is 0 Å². The van der Waals surface area contributed by atoms with Gasteiger partial charge in [0.25, 0.3) is 0 Å². The summed E-state index contributed by atoms with van der Waals surface area (Å²) in [6.07, 6.45) is 0. The summed E-state index contributed by atoms with van der Waals surface area (Å²) in [6.45, 7) is 11.2. The first kappa shape index (κ1) is 12.3. The molecule has 0 radical (unpaired) electrons. The van der Waals surface area contributed by atoms with Crippen LogP contribution in [0.1, 0.15) is 46.2 Å². The Kier molecular flexibility index (Phi) is 3.92. The van der Waals surface area contributed by atoms with Crippen LogP contribution in [0.4, 0.5) is 0 Å². The van der Waals surface area contributed by atoms with Gasteiger partial charge in [0.2, 0.25) is 0 Å². The summed E-state index contributed by atoms with van der Waals surface area (Å²) in [7, 11) is 0. The Bertz CT molecular complexity index is 282. The van der Waals surface area contributed by atoms with E-state index in [1.54, 1.807) is 0 Å². The Morgan fingerprint density at radius 1 is 1.00 bits per heavy atom. The molecule has 1 rings (SSSR count). The molecule has 0 aromatic heterocycles. The molecular weight excluding hydrogens is 182 g/mol. The Morgan fingerprint density at radius 3 is 1.93 bits per heavy atom. The average Bonchev–Trinajstić information content (AvgIpc) is 2.14. The van der Waals surface area contributed by atoms with Gasteiger partial charge in [-0.15, -0.1) is 0 Å². The van der Waals surface area contributed by atoms with Gasteiger partial charge in [-0.1, -0.05) is 65.0 Å². The summed E-state index contributed by atoms with van der Waals surface area (Å²) in [6, 6.07) is 11.6. The minimum Gasteiger partial charge on any atom is -0.307 e. The third-order valence-corrected chi connectivity index (χ3v) is 2.50. The van der Waals surface area contributed by atoms with E-state index in [1.807, 2.05) is 0 Å². The highest BCUT2D eigenvalue weighted by Crippen LogP contribution is 2.32. The standard InChI is InChI=1S/C14H23N/c1-11(2)15-13(14(3,4)5)12-9-7-6-8-10-12/h6-11,13,15H,1-5H3. The molecule has 1 atom stereocenters. The highest BCUT2D eigenvalue weighted by atomic mass is 15.0. The van der Waals surface area contributed by atoms with E-state index in [0.717, 1.165) is 0 Å². The van der Waals surface area contributed by atoms with Crippen LogP contribution in [-0.4, -0.2) is 6.04 Å². The van der Waals surface area contributed by atoms with Crippen molar-refractivity contribution in [3.63, 3.8) is 0 Å². The smallest absolute Gasteiger partial charge is 0.0371 e. The van der Waals surface area contributed by atoms with Gasteiger partial charge in [-0.25, -0.2) is 0 Å². The van der Waals surface area contributed by atoms with Crippen molar-refractivity contribution in [1.82, 2.24) is 5.32 Å².